The van der Waals surface area contributed by atoms with Gasteiger partial charge in [0, 0.05) is 19.5 Å². The average molecular weight is 252 g/mol. The Kier molecular flexibility index (Phi) is 4.31. The first-order valence-electron chi connectivity index (χ1n) is 7.45. The molecule has 2 aliphatic heterocycles. The van der Waals surface area contributed by atoms with Gasteiger partial charge in [-0.3, -0.25) is 4.79 Å². The zero-order chi connectivity index (χ0) is 13.2. The topological polar surface area (TPSA) is 32.3 Å². The van der Waals surface area contributed by atoms with E-state index in [1.54, 1.807) is 0 Å². The Morgan fingerprint density at radius 3 is 2.72 bits per heavy atom. The molecule has 18 heavy (non-hydrogen) atoms. The summed E-state index contributed by atoms with van der Waals surface area (Å²) in [7, 11) is 0. The minimum atomic E-state index is 0.261. The fraction of sp³-hybridized carbons (Fsp3) is 0.933. The van der Waals surface area contributed by atoms with Crippen LogP contribution < -0.4 is 5.32 Å². The monoisotopic (exact) mass is 252 g/mol. The SMILES string of the molecule is CC(C)(C)C1CC(=O)N(CCC2CCCNC2)C1. The summed E-state index contributed by atoms with van der Waals surface area (Å²) < 4.78 is 0. The van der Waals surface area contributed by atoms with Crippen molar-refractivity contribution in [3.63, 3.8) is 0 Å². The summed E-state index contributed by atoms with van der Waals surface area (Å²) in [5, 5.41) is 3.45. The van der Waals surface area contributed by atoms with E-state index in [4.69, 9.17) is 0 Å². The van der Waals surface area contributed by atoms with Gasteiger partial charge < -0.3 is 10.2 Å². The van der Waals surface area contributed by atoms with E-state index in [2.05, 4.69) is 31.0 Å². The van der Waals surface area contributed by atoms with Crippen LogP contribution in [0.4, 0.5) is 0 Å². The largest absolute Gasteiger partial charge is 0.342 e. The minimum Gasteiger partial charge on any atom is -0.342 e. The summed E-state index contributed by atoms with van der Waals surface area (Å²) in [5.41, 5.74) is 0.261. The van der Waals surface area contributed by atoms with Crippen molar-refractivity contribution in [2.45, 2.75) is 46.5 Å². The quantitative estimate of drug-likeness (QED) is 0.835. The molecule has 0 radical (unpaired) electrons. The Labute approximate surface area is 111 Å². The van der Waals surface area contributed by atoms with Crippen molar-refractivity contribution in [2.24, 2.45) is 17.3 Å². The molecule has 0 aromatic heterocycles. The van der Waals surface area contributed by atoms with Crippen LogP contribution in [0, 0.1) is 17.3 Å². The highest BCUT2D eigenvalue weighted by Gasteiger charge is 2.36. The van der Waals surface area contributed by atoms with Crippen molar-refractivity contribution in [1.29, 1.82) is 0 Å². The van der Waals surface area contributed by atoms with E-state index < -0.39 is 0 Å². The molecular weight excluding hydrogens is 224 g/mol. The first-order valence-corrected chi connectivity index (χ1v) is 7.45. The molecule has 2 rings (SSSR count). The van der Waals surface area contributed by atoms with Crippen LogP contribution in [0.15, 0.2) is 0 Å². The number of hydrogen-bond donors (Lipinski definition) is 1. The number of nitrogens with one attached hydrogen (secondary N) is 1. The molecule has 2 heterocycles. The summed E-state index contributed by atoms with van der Waals surface area (Å²) in [5.74, 6) is 1.69. The lowest BCUT2D eigenvalue weighted by Crippen LogP contribution is -2.34. The third-order valence-electron chi connectivity index (χ3n) is 4.65. The van der Waals surface area contributed by atoms with E-state index in [1.165, 1.54) is 25.8 Å². The molecule has 2 unspecified atom stereocenters. The second kappa shape index (κ2) is 5.60. The normalized spacial score (nSPS) is 29.9. The molecule has 2 atom stereocenters. The highest BCUT2D eigenvalue weighted by Crippen LogP contribution is 2.34. The molecule has 0 bridgehead atoms. The second-order valence-electron chi connectivity index (χ2n) is 7.11. The molecular formula is C15H28N2O. The molecule has 0 aromatic carbocycles. The fourth-order valence-corrected chi connectivity index (χ4v) is 3.08. The van der Waals surface area contributed by atoms with Gasteiger partial charge in [-0.2, -0.15) is 0 Å². The first-order chi connectivity index (χ1) is 8.47. The third-order valence-corrected chi connectivity index (χ3v) is 4.65. The van der Waals surface area contributed by atoms with E-state index >= 15 is 0 Å². The number of amides is 1. The van der Waals surface area contributed by atoms with Gasteiger partial charge in [0.1, 0.15) is 0 Å². The smallest absolute Gasteiger partial charge is 0.222 e. The Bertz CT molecular complexity index is 289. The molecule has 3 heteroatoms. The predicted molar refractivity (Wildman–Crippen MR) is 74.4 cm³/mol. The lowest BCUT2D eigenvalue weighted by Gasteiger charge is -2.28. The summed E-state index contributed by atoms with van der Waals surface area (Å²) in [6.07, 6.45) is 4.56. The number of rotatable bonds is 3. The van der Waals surface area contributed by atoms with E-state index in [1.807, 2.05) is 0 Å². The van der Waals surface area contributed by atoms with Gasteiger partial charge in [-0.1, -0.05) is 20.8 Å². The van der Waals surface area contributed by atoms with Gasteiger partial charge in [0.25, 0.3) is 0 Å². The molecule has 0 saturated carbocycles. The van der Waals surface area contributed by atoms with Gasteiger partial charge in [0.2, 0.25) is 5.91 Å². The summed E-state index contributed by atoms with van der Waals surface area (Å²) in [6.45, 7) is 11.0. The van der Waals surface area contributed by atoms with Crippen molar-refractivity contribution in [3.05, 3.63) is 0 Å². The predicted octanol–water partition coefficient (Wildman–Crippen LogP) is 2.27. The van der Waals surface area contributed by atoms with Gasteiger partial charge >= 0.3 is 0 Å². The van der Waals surface area contributed by atoms with Crippen LogP contribution in [0.5, 0.6) is 0 Å². The molecule has 0 aliphatic carbocycles. The van der Waals surface area contributed by atoms with Gasteiger partial charge in [0.05, 0.1) is 0 Å². The van der Waals surface area contributed by atoms with Crippen LogP contribution in [-0.2, 0) is 4.79 Å². The molecule has 2 saturated heterocycles. The van der Waals surface area contributed by atoms with Crippen LogP contribution in [-0.4, -0.2) is 37.0 Å². The maximum atomic E-state index is 12.0. The van der Waals surface area contributed by atoms with Crippen LogP contribution in [0.1, 0.15) is 46.5 Å². The van der Waals surface area contributed by atoms with Crippen molar-refractivity contribution in [2.75, 3.05) is 26.2 Å². The second-order valence-corrected chi connectivity index (χ2v) is 7.11. The van der Waals surface area contributed by atoms with E-state index in [9.17, 15) is 4.79 Å². The molecule has 104 valence electrons. The Morgan fingerprint density at radius 1 is 1.39 bits per heavy atom. The molecule has 0 aromatic rings. The highest BCUT2D eigenvalue weighted by molar-refractivity contribution is 5.78. The maximum Gasteiger partial charge on any atom is 0.222 e. The number of hydrogen-bond acceptors (Lipinski definition) is 2. The first kappa shape index (κ1) is 13.9. The van der Waals surface area contributed by atoms with Crippen LogP contribution in [0.3, 0.4) is 0 Å². The molecule has 2 aliphatic rings. The summed E-state index contributed by atoms with van der Waals surface area (Å²) >= 11 is 0. The number of carbonyl (C=O) groups is 1. The number of piperidine rings is 1. The number of likely N-dealkylation sites (tertiary alicyclic amines) is 1. The summed E-state index contributed by atoms with van der Waals surface area (Å²) in [6, 6.07) is 0. The van der Waals surface area contributed by atoms with E-state index in [-0.39, 0.29) is 5.41 Å². The van der Waals surface area contributed by atoms with E-state index in [0.29, 0.717) is 11.8 Å². The van der Waals surface area contributed by atoms with E-state index in [0.717, 1.165) is 32.0 Å². The van der Waals surface area contributed by atoms with Gasteiger partial charge in [-0.15, -0.1) is 0 Å². The molecule has 1 amide bonds. The maximum absolute atomic E-state index is 12.0. The lowest BCUT2D eigenvalue weighted by molar-refractivity contribution is -0.127. The number of carbonyl (C=O) groups excluding carboxylic acids is 1. The number of nitrogens with zero attached hydrogens (tertiary/aromatic N) is 1. The average Bonchev–Trinajstić information content (AvgIpc) is 2.69. The fourth-order valence-electron chi connectivity index (χ4n) is 3.08. The van der Waals surface area contributed by atoms with Crippen LogP contribution in [0.25, 0.3) is 0 Å². The zero-order valence-electron chi connectivity index (χ0n) is 12.2. The highest BCUT2D eigenvalue weighted by atomic mass is 16.2. The molecule has 2 fully saturated rings. The zero-order valence-corrected chi connectivity index (χ0v) is 12.2. The third kappa shape index (κ3) is 3.47. The van der Waals surface area contributed by atoms with Crippen molar-refractivity contribution < 1.29 is 4.79 Å². The van der Waals surface area contributed by atoms with Crippen molar-refractivity contribution in [3.8, 4) is 0 Å². The Hall–Kier alpha value is -0.570. The molecule has 1 N–H and O–H groups in total. The Morgan fingerprint density at radius 2 is 2.17 bits per heavy atom. The Balaban J connectivity index is 1.78. The van der Waals surface area contributed by atoms with Crippen molar-refractivity contribution >= 4 is 5.91 Å². The standard InChI is InChI=1S/C15H28N2O/c1-15(2,3)13-9-14(18)17(11-13)8-6-12-5-4-7-16-10-12/h12-13,16H,4-11H2,1-3H3. The van der Waals surface area contributed by atoms with Gasteiger partial charge in [-0.25, -0.2) is 0 Å². The van der Waals surface area contributed by atoms with Crippen molar-refractivity contribution in [1.82, 2.24) is 10.2 Å². The van der Waals surface area contributed by atoms with Gasteiger partial charge in [0.15, 0.2) is 0 Å². The van der Waals surface area contributed by atoms with Crippen LogP contribution in [0.2, 0.25) is 0 Å². The van der Waals surface area contributed by atoms with Crippen LogP contribution >= 0.6 is 0 Å². The minimum absolute atomic E-state index is 0.261. The van der Waals surface area contributed by atoms with Gasteiger partial charge in [-0.05, 0) is 49.6 Å². The molecule has 0 spiro atoms. The molecule has 3 nitrogen and oxygen atoms in total. The lowest BCUT2D eigenvalue weighted by atomic mass is 9.80. The summed E-state index contributed by atoms with van der Waals surface area (Å²) in [4.78, 5) is 14.1.